The summed E-state index contributed by atoms with van der Waals surface area (Å²) in [6.45, 7) is 2.81. The number of hydrogen-bond acceptors (Lipinski definition) is 4. The molecular formula is C14H18O4. The van der Waals surface area contributed by atoms with Crippen molar-refractivity contribution in [2.45, 2.75) is 25.9 Å². The number of rotatable bonds is 5. The largest absolute Gasteiger partial charge is 0.497 e. The molecule has 1 aliphatic rings. The van der Waals surface area contributed by atoms with Gasteiger partial charge in [0, 0.05) is 12.7 Å². The van der Waals surface area contributed by atoms with E-state index in [-0.39, 0.29) is 11.9 Å². The molecule has 4 heteroatoms. The van der Waals surface area contributed by atoms with Crippen LogP contribution in [0.15, 0.2) is 18.2 Å². The number of Topliss-reactive ketones (excluding diaryl/α,β-unsaturated/α-hetero) is 1. The molecule has 18 heavy (non-hydrogen) atoms. The molecule has 0 saturated carbocycles. The van der Waals surface area contributed by atoms with E-state index < -0.39 is 0 Å². The lowest BCUT2D eigenvalue weighted by Crippen LogP contribution is -2.17. The first-order valence-corrected chi connectivity index (χ1v) is 6.14. The Kier molecular flexibility index (Phi) is 4.20. The molecule has 0 aliphatic carbocycles. The predicted octanol–water partition coefficient (Wildman–Crippen LogP) is 2.46. The molecule has 1 atom stereocenters. The van der Waals surface area contributed by atoms with E-state index in [2.05, 4.69) is 0 Å². The number of ketones is 1. The Morgan fingerprint density at radius 2 is 2.33 bits per heavy atom. The van der Waals surface area contributed by atoms with Crippen LogP contribution in [0.2, 0.25) is 0 Å². The number of ether oxygens (including phenoxy) is 3. The molecule has 98 valence electrons. The lowest BCUT2D eigenvalue weighted by molar-refractivity contribution is 0.0672. The van der Waals surface area contributed by atoms with Crippen molar-refractivity contribution in [2.75, 3.05) is 20.3 Å². The Morgan fingerprint density at radius 3 is 2.94 bits per heavy atom. The maximum atomic E-state index is 11.5. The minimum Gasteiger partial charge on any atom is -0.497 e. The number of hydrogen-bond donors (Lipinski definition) is 0. The summed E-state index contributed by atoms with van der Waals surface area (Å²) in [6.07, 6.45) is 2.22. The van der Waals surface area contributed by atoms with Crippen molar-refractivity contribution in [3.05, 3.63) is 23.8 Å². The molecule has 4 nitrogen and oxygen atoms in total. The molecule has 0 spiro atoms. The quantitative estimate of drug-likeness (QED) is 0.753. The summed E-state index contributed by atoms with van der Waals surface area (Å²) in [6, 6.07) is 5.23. The van der Waals surface area contributed by atoms with Crippen LogP contribution in [0.3, 0.4) is 0 Å². The molecule has 0 radical (unpaired) electrons. The molecule has 1 unspecified atom stereocenters. The number of carbonyl (C=O) groups is 1. The highest BCUT2D eigenvalue weighted by molar-refractivity contribution is 5.97. The summed E-state index contributed by atoms with van der Waals surface area (Å²) < 4.78 is 16.3. The van der Waals surface area contributed by atoms with Crippen LogP contribution in [0.25, 0.3) is 0 Å². The molecule has 1 saturated heterocycles. The maximum Gasteiger partial charge on any atom is 0.163 e. The molecule has 1 fully saturated rings. The second-order valence-corrected chi connectivity index (χ2v) is 4.36. The first kappa shape index (κ1) is 12.9. The fraction of sp³-hybridized carbons (Fsp3) is 0.500. The van der Waals surface area contributed by atoms with Crippen LogP contribution in [-0.4, -0.2) is 32.2 Å². The Bertz CT molecular complexity index is 422. The summed E-state index contributed by atoms with van der Waals surface area (Å²) in [5, 5.41) is 0. The average Bonchev–Trinajstić information content (AvgIpc) is 2.88. The van der Waals surface area contributed by atoms with Crippen molar-refractivity contribution in [1.29, 1.82) is 0 Å². The van der Waals surface area contributed by atoms with Gasteiger partial charge in [0.05, 0.1) is 18.8 Å². The molecule has 0 amide bonds. The fourth-order valence-corrected chi connectivity index (χ4v) is 2.00. The lowest BCUT2D eigenvalue weighted by Gasteiger charge is -2.14. The van der Waals surface area contributed by atoms with Gasteiger partial charge in [-0.15, -0.1) is 0 Å². The Labute approximate surface area is 107 Å². The lowest BCUT2D eigenvalue weighted by atomic mass is 10.1. The Balaban J connectivity index is 2.10. The van der Waals surface area contributed by atoms with Gasteiger partial charge in [0.2, 0.25) is 0 Å². The Hall–Kier alpha value is -1.55. The van der Waals surface area contributed by atoms with Crippen LogP contribution >= 0.6 is 0 Å². The monoisotopic (exact) mass is 250 g/mol. The van der Waals surface area contributed by atoms with E-state index in [1.54, 1.807) is 25.3 Å². The zero-order chi connectivity index (χ0) is 13.0. The minimum absolute atomic E-state index is 0.0139. The summed E-state index contributed by atoms with van der Waals surface area (Å²) in [5.41, 5.74) is 0.578. The van der Waals surface area contributed by atoms with Gasteiger partial charge in [0.1, 0.15) is 18.1 Å². The summed E-state index contributed by atoms with van der Waals surface area (Å²) in [5.74, 6) is 1.24. The summed E-state index contributed by atoms with van der Waals surface area (Å²) in [7, 11) is 1.59. The first-order chi connectivity index (χ1) is 8.70. The SMILES string of the molecule is COc1ccc(C(C)=O)c(OCC2CCCO2)c1. The van der Waals surface area contributed by atoms with Gasteiger partial charge in [-0.05, 0) is 31.9 Å². The number of methoxy groups -OCH3 is 1. The third-order valence-corrected chi connectivity index (χ3v) is 3.02. The van der Waals surface area contributed by atoms with Gasteiger partial charge in [0.15, 0.2) is 5.78 Å². The molecule has 0 aromatic heterocycles. The van der Waals surface area contributed by atoms with Crippen LogP contribution in [0.1, 0.15) is 30.1 Å². The van der Waals surface area contributed by atoms with Gasteiger partial charge < -0.3 is 14.2 Å². The van der Waals surface area contributed by atoms with E-state index in [1.165, 1.54) is 6.92 Å². The highest BCUT2D eigenvalue weighted by atomic mass is 16.5. The summed E-state index contributed by atoms with van der Waals surface area (Å²) >= 11 is 0. The third-order valence-electron chi connectivity index (χ3n) is 3.02. The zero-order valence-corrected chi connectivity index (χ0v) is 10.8. The molecule has 1 aromatic carbocycles. The number of benzene rings is 1. The third kappa shape index (κ3) is 3.01. The van der Waals surface area contributed by atoms with E-state index in [0.29, 0.717) is 23.7 Å². The summed E-state index contributed by atoms with van der Waals surface area (Å²) in [4.78, 5) is 11.5. The van der Waals surface area contributed by atoms with Crippen LogP contribution in [0.5, 0.6) is 11.5 Å². The van der Waals surface area contributed by atoms with E-state index >= 15 is 0 Å². The van der Waals surface area contributed by atoms with E-state index in [9.17, 15) is 4.79 Å². The van der Waals surface area contributed by atoms with Crippen molar-refractivity contribution in [1.82, 2.24) is 0 Å². The average molecular weight is 250 g/mol. The second kappa shape index (κ2) is 5.87. The molecule has 1 heterocycles. The van der Waals surface area contributed by atoms with E-state index in [4.69, 9.17) is 14.2 Å². The zero-order valence-electron chi connectivity index (χ0n) is 10.8. The highest BCUT2D eigenvalue weighted by Gasteiger charge is 2.17. The van der Waals surface area contributed by atoms with Crippen molar-refractivity contribution in [2.24, 2.45) is 0 Å². The maximum absolute atomic E-state index is 11.5. The van der Waals surface area contributed by atoms with Crippen molar-refractivity contribution >= 4 is 5.78 Å². The fourth-order valence-electron chi connectivity index (χ4n) is 2.00. The minimum atomic E-state index is -0.0139. The normalized spacial score (nSPS) is 18.7. The van der Waals surface area contributed by atoms with E-state index in [1.807, 2.05) is 0 Å². The van der Waals surface area contributed by atoms with Gasteiger partial charge in [-0.1, -0.05) is 0 Å². The number of carbonyl (C=O) groups excluding carboxylic acids is 1. The van der Waals surface area contributed by atoms with Crippen LogP contribution in [0, 0.1) is 0 Å². The topological polar surface area (TPSA) is 44.8 Å². The Morgan fingerprint density at radius 1 is 1.50 bits per heavy atom. The van der Waals surface area contributed by atoms with Gasteiger partial charge in [-0.3, -0.25) is 4.79 Å². The molecular weight excluding hydrogens is 232 g/mol. The van der Waals surface area contributed by atoms with Crippen molar-refractivity contribution in [3.8, 4) is 11.5 Å². The first-order valence-electron chi connectivity index (χ1n) is 6.14. The molecule has 0 bridgehead atoms. The predicted molar refractivity (Wildman–Crippen MR) is 67.5 cm³/mol. The second-order valence-electron chi connectivity index (χ2n) is 4.36. The van der Waals surface area contributed by atoms with Crippen LogP contribution < -0.4 is 9.47 Å². The smallest absolute Gasteiger partial charge is 0.163 e. The van der Waals surface area contributed by atoms with Gasteiger partial charge in [-0.2, -0.15) is 0 Å². The highest BCUT2D eigenvalue weighted by Crippen LogP contribution is 2.26. The molecule has 2 rings (SSSR count). The standard InChI is InChI=1S/C14H18O4/c1-10(15)13-6-5-11(16-2)8-14(13)18-9-12-4-3-7-17-12/h5-6,8,12H,3-4,7,9H2,1-2H3. The van der Waals surface area contributed by atoms with Crippen molar-refractivity contribution in [3.63, 3.8) is 0 Å². The van der Waals surface area contributed by atoms with Crippen molar-refractivity contribution < 1.29 is 19.0 Å². The van der Waals surface area contributed by atoms with Gasteiger partial charge in [0.25, 0.3) is 0 Å². The van der Waals surface area contributed by atoms with Gasteiger partial charge >= 0.3 is 0 Å². The van der Waals surface area contributed by atoms with Gasteiger partial charge in [-0.25, -0.2) is 0 Å². The molecule has 1 aliphatic heterocycles. The van der Waals surface area contributed by atoms with Crippen LogP contribution in [0.4, 0.5) is 0 Å². The van der Waals surface area contributed by atoms with Crippen LogP contribution in [-0.2, 0) is 4.74 Å². The molecule has 0 N–H and O–H groups in total. The molecule has 1 aromatic rings. The van der Waals surface area contributed by atoms with E-state index in [0.717, 1.165) is 19.4 Å².